The van der Waals surface area contributed by atoms with E-state index in [0.29, 0.717) is 19.4 Å². The minimum atomic E-state index is -0.622. The Hall–Kier alpha value is -2.28. The Kier molecular flexibility index (Phi) is 6.85. The quantitative estimate of drug-likeness (QED) is 0.858. The maximum atomic E-state index is 12.4. The molecule has 26 heavy (non-hydrogen) atoms. The number of likely N-dealkylation sites (tertiary alicyclic amines) is 1. The number of hydrogen-bond donors (Lipinski definition) is 2. The second-order valence-corrected chi connectivity index (χ2v) is 7.47. The Morgan fingerprint density at radius 1 is 1.27 bits per heavy atom. The first kappa shape index (κ1) is 20.0. The molecule has 2 rings (SSSR count). The summed E-state index contributed by atoms with van der Waals surface area (Å²) in [5, 5.41) is 12.2. The summed E-state index contributed by atoms with van der Waals surface area (Å²) in [5.41, 5.74) is 0.257. The van der Waals surface area contributed by atoms with E-state index in [-0.39, 0.29) is 19.1 Å². The third-order valence-corrected chi connectivity index (χ3v) is 4.09. The monoisotopic (exact) mass is 364 g/mol. The number of ether oxygens (including phenoxy) is 2. The molecule has 7 nitrogen and oxygen atoms in total. The standard InChI is InChI=1S/C19H28N2O5/c1-19(2,3)26-18(24)21-10-9-15(12-22)11-16(21)20-17(23)25-13-14-7-5-4-6-8-14/h4-8,15-16,22H,9-13H2,1-3H3,(H,20,23). The summed E-state index contributed by atoms with van der Waals surface area (Å²) in [6.07, 6.45) is -0.546. The van der Waals surface area contributed by atoms with Gasteiger partial charge in [0.15, 0.2) is 0 Å². The maximum Gasteiger partial charge on any atom is 0.411 e. The molecular formula is C19H28N2O5. The van der Waals surface area contributed by atoms with Crippen LogP contribution < -0.4 is 5.32 Å². The number of nitrogens with zero attached hydrogens (tertiary/aromatic N) is 1. The minimum Gasteiger partial charge on any atom is -0.445 e. The highest BCUT2D eigenvalue weighted by Gasteiger charge is 2.35. The Morgan fingerprint density at radius 2 is 1.96 bits per heavy atom. The van der Waals surface area contributed by atoms with Gasteiger partial charge in [-0.25, -0.2) is 9.59 Å². The van der Waals surface area contributed by atoms with E-state index < -0.39 is 24.0 Å². The lowest BCUT2D eigenvalue weighted by molar-refractivity contribution is -0.00493. The average Bonchev–Trinajstić information content (AvgIpc) is 2.59. The molecule has 7 heteroatoms. The average molecular weight is 364 g/mol. The molecule has 1 aliphatic rings. The summed E-state index contributed by atoms with van der Waals surface area (Å²) in [6, 6.07) is 9.35. The number of benzene rings is 1. The van der Waals surface area contributed by atoms with Gasteiger partial charge >= 0.3 is 12.2 Å². The zero-order valence-electron chi connectivity index (χ0n) is 15.6. The van der Waals surface area contributed by atoms with E-state index in [9.17, 15) is 14.7 Å². The van der Waals surface area contributed by atoms with Crippen molar-refractivity contribution in [1.82, 2.24) is 10.2 Å². The van der Waals surface area contributed by atoms with Crippen LogP contribution in [0.25, 0.3) is 0 Å². The van der Waals surface area contributed by atoms with Gasteiger partial charge in [0, 0.05) is 13.2 Å². The molecule has 1 aliphatic heterocycles. The van der Waals surface area contributed by atoms with Crippen LogP contribution in [0.5, 0.6) is 0 Å². The number of hydrogen-bond acceptors (Lipinski definition) is 5. The molecule has 2 unspecified atom stereocenters. The molecule has 1 aromatic carbocycles. The summed E-state index contributed by atoms with van der Waals surface area (Å²) in [6.45, 7) is 5.95. The van der Waals surface area contributed by atoms with Crippen molar-refractivity contribution in [3.05, 3.63) is 35.9 Å². The van der Waals surface area contributed by atoms with Crippen LogP contribution in [0, 0.1) is 5.92 Å². The molecule has 0 spiro atoms. The first-order chi connectivity index (χ1) is 12.3. The van der Waals surface area contributed by atoms with Crippen LogP contribution in [0.2, 0.25) is 0 Å². The number of amides is 2. The predicted molar refractivity (Wildman–Crippen MR) is 96.3 cm³/mol. The second kappa shape index (κ2) is 8.89. The smallest absolute Gasteiger partial charge is 0.411 e. The number of rotatable bonds is 4. The molecule has 1 fully saturated rings. The van der Waals surface area contributed by atoms with Gasteiger partial charge in [0.1, 0.15) is 18.4 Å². The van der Waals surface area contributed by atoms with Crippen LogP contribution in [0.1, 0.15) is 39.2 Å². The largest absolute Gasteiger partial charge is 0.445 e. The van der Waals surface area contributed by atoms with Gasteiger partial charge in [0.2, 0.25) is 0 Å². The van der Waals surface area contributed by atoms with Crippen LogP contribution in [0.4, 0.5) is 9.59 Å². The number of aliphatic hydroxyl groups is 1. The molecule has 0 saturated carbocycles. The molecule has 1 heterocycles. The normalized spacial score (nSPS) is 20.4. The maximum absolute atomic E-state index is 12.4. The van der Waals surface area contributed by atoms with Crippen molar-refractivity contribution >= 4 is 12.2 Å². The van der Waals surface area contributed by atoms with Gasteiger partial charge in [-0.15, -0.1) is 0 Å². The second-order valence-electron chi connectivity index (χ2n) is 7.47. The van der Waals surface area contributed by atoms with Gasteiger partial charge in [0.25, 0.3) is 0 Å². The molecule has 2 atom stereocenters. The van der Waals surface area contributed by atoms with E-state index in [4.69, 9.17) is 9.47 Å². The fourth-order valence-electron chi connectivity index (χ4n) is 2.78. The van der Waals surface area contributed by atoms with Crippen LogP contribution >= 0.6 is 0 Å². The lowest BCUT2D eigenvalue weighted by Gasteiger charge is -2.39. The summed E-state index contributed by atoms with van der Waals surface area (Å²) in [5.74, 6) is 0.0214. The van der Waals surface area contributed by atoms with E-state index in [0.717, 1.165) is 5.56 Å². The molecule has 1 saturated heterocycles. The zero-order valence-corrected chi connectivity index (χ0v) is 15.6. The van der Waals surface area contributed by atoms with E-state index >= 15 is 0 Å². The van der Waals surface area contributed by atoms with Crippen molar-refractivity contribution in [1.29, 1.82) is 0 Å². The molecule has 2 amide bonds. The van der Waals surface area contributed by atoms with Crippen molar-refractivity contribution in [2.24, 2.45) is 5.92 Å². The SMILES string of the molecule is CC(C)(C)OC(=O)N1CCC(CO)CC1NC(=O)OCc1ccccc1. The Labute approximate surface area is 154 Å². The third kappa shape index (κ3) is 6.22. The van der Waals surface area contributed by atoms with Crippen molar-refractivity contribution in [2.45, 2.75) is 52.0 Å². The highest BCUT2D eigenvalue weighted by atomic mass is 16.6. The highest BCUT2D eigenvalue weighted by molar-refractivity contribution is 5.71. The molecular weight excluding hydrogens is 336 g/mol. The van der Waals surface area contributed by atoms with Crippen molar-refractivity contribution in [2.75, 3.05) is 13.2 Å². The molecule has 0 radical (unpaired) electrons. The summed E-state index contributed by atoms with van der Waals surface area (Å²) >= 11 is 0. The molecule has 2 N–H and O–H groups in total. The number of carbonyl (C=O) groups is 2. The Bertz CT molecular complexity index is 600. The summed E-state index contributed by atoms with van der Waals surface area (Å²) in [4.78, 5) is 26.1. The highest BCUT2D eigenvalue weighted by Crippen LogP contribution is 2.23. The zero-order chi connectivity index (χ0) is 19.2. The number of carbonyl (C=O) groups excluding carboxylic acids is 2. The fraction of sp³-hybridized carbons (Fsp3) is 0.579. The lowest BCUT2D eigenvalue weighted by Crippen LogP contribution is -2.56. The predicted octanol–water partition coefficient (Wildman–Crippen LogP) is 2.88. The van der Waals surface area contributed by atoms with Gasteiger partial charge in [0.05, 0.1) is 0 Å². The van der Waals surface area contributed by atoms with E-state index in [1.54, 1.807) is 20.8 Å². The van der Waals surface area contributed by atoms with Gasteiger partial charge in [-0.3, -0.25) is 4.90 Å². The van der Waals surface area contributed by atoms with Gasteiger partial charge in [-0.1, -0.05) is 30.3 Å². The van der Waals surface area contributed by atoms with Crippen molar-refractivity contribution in [3.63, 3.8) is 0 Å². The minimum absolute atomic E-state index is 0.0133. The fourth-order valence-corrected chi connectivity index (χ4v) is 2.78. The number of nitrogens with one attached hydrogen (secondary N) is 1. The van der Waals surface area contributed by atoms with Crippen molar-refractivity contribution in [3.8, 4) is 0 Å². The molecule has 0 aromatic heterocycles. The first-order valence-corrected chi connectivity index (χ1v) is 8.86. The number of piperidine rings is 1. The van der Waals surface area contributed by atoms with Gasteiger partial charge in [-0.2, -0.15) is 0 Å². The molecule has 0 aliphatic carbocycles. The van der Waals surface area contributed by atoms with Crippen LogP contribution in [0.3, 0.4) is 0 Å². The summed E-state index contributed by atoms with van der Waals surface area (Å²) < 4.78 is 10.7. The Morgan fingerprint density at radius 3 is 2.58 bits per heavy atom. The molecule has 1 aromatic rings. The van der Waals surface area contributed by atoms with E-state index in [1.165, 1.54) is 4.90 Å². The first-order valence-electron chi connectivity index (χ1n) is 8.86. The van der Waals surface area contributed by atoms with Crippen LogP contribution in [-0.2, 0) is 16.1 Å². The van der Waals surface area contributed by atoms with Crippen LogP contribution in [-0.4, -0.2) is 47.1 Å². The van der Waals surface area contributed by atoms with E-state index in [1.807, 2.05) is 30.3 Å². The molecule has 144 valence electrons. The molecule has 0 bridgehead atoms. The Balaban J connectivity index is 1.96. The van der Waals surface area contributed by atoms with E-state index in [2.05, 4.69) is 5.32 Å². The summed E-state index contributed by atoms with van der Waals surface area (Å²) in [7, 11) is 0. The van der Waals surface area contributed by atoms with Gasteiger partial charge < -0.3 is 19.9 Å². The third-order valence-electron chi connectivity index (χ3n) is 4.09. The van der Waals surface area contributed by atoms with Crippen LogP contribution in [0.15, 0.2) is 30.3 Å². The van der Waals surface area contributed by atoms with Crippen molar-refractivity contribution < 1.29 is 24.2 Å². The number of aliphatic hydroxyl groups excluding tert-OH is 1. The van der Waals surface area contributed by atoms with Gasteiger partial charge in [-0.05, 0) is 45.1 Å². The number of alkyl carbamates (subject to hydrolysis) is 1. The topological polar surface area (TPSA) is 88.1 Å². The lowest BCUT2D eigenvalue weighted by atomic mass is 9.95.